The van der Waals surface area contributed by atoms with Gasteiger partial charge in [-0.3, -0.25) is 4.90 Å². The van der Waals surface area contributed by atoms with Gasteiger partial charge in [0.05, 0.1) is 6.61 Å². The highest BCUT2D eigenvalue weighted by Crippen LogP contribution is 2.25. The van der Waals surface area contributed by atoms with E-state index in [1.165, 1.54) is 5.56 Å². The van der Waals surface area contributed by atoms with Gasteiger partial charge in [0, 0.05) is 18.8 Å². The van der Waals surface area contributed by atoms with Gasteiger partial charge < -0.3 is 10.1 Å². The number of fused-ring (bicyclic) bond motifs is 1. The third-order valence-corrected chi connectivity index (χ3v) is 4.21. The zero-order chi connectivity index (χ0) is 16.6. The lowest BCUT2D eigenvalue weighted by atomic mass is 10.1. The van der Waals surface area contributed by atoms with Crippen LogP contribution in [0.25, 0.3) is 0 Å². The molecule has 0 aromatic heterocycles. The van der Waals surface area contributed by atoms with Gasteiger partial charge in [0.25, 0.3) is 0 Å². The lowest BCUT2D eigenvalue weighted by molar-refractivity contribution is 0.244. The van der Waals surface area contributed by atoms with E-state index >= 15 is 0 Å². The molecular formula is C20H24N2O2. The van der Waals surface area contributed by atoms with Crippen molar-refractivity contribution in [3.63, 3.8) is 0 Å². The Labute approximate surface area is 143 Å². The summed E-state index contributed by atoms with van der Waals surface area (Å²) in [4.78, 5) is 14.4. The number of hydrogen-bond acceptors (Lipinski definition) is 2. The highest BCUT2D eigenvalue weighted by molar-refractivity contribution is 5.92. The molecule has 126 valence electrons. The van der Waals surface area contributed by atoms with E-state index in [4.69, 9.17) is 4.74 Å². The van der Waals surface area contributed by atoms with E-state index in [1.54, 1.807) is 0 Å². The summed E-state index contributed by atoms with van der Waals surface area (Å²) in [6.07, 6.45) is 4.01. The van der Waals surface area contributed by atoms with Crippen molar-refractivity contribution >= 4 is 11.7 Å². The lowest BCUT2D eigenvalue weighted by Crippen LogP contribution is -2.41. The first-order valence-corrected chi connectivity index (χ1v) is 8.66. The van der Waals surface area contributed by atoms with Crippen LogP contribution in [0.1, 0.15) is 24.8 Å². The van der Waals surface area contributed by atoms with Crippen LogP contribution < -0.4 is 15.0 Å². The topological polar surface area (TPSA) is 41.6 Å². The molecule has 1 heterocycles. The predicted molar refractivity (Wildman–Crippen MR) is 96.7 cm³/mol. The molecule has 0 saturated heterocycles. The first kappa shape index (κ1) is 16.4. The maximum absolute atomic E-state index is 12.5. The van der Waals surface area contributed by atoms with Gasteiger partial charge in [0.2, 0.25) is 0 Å². The predicted octanol–water partition coefficient (Wildman–Crippen LogP) is 4.01. The number of ether oxygens (including phenoxy) is 1. The van der Waals surface area contributed by atoms with Crippen LogP contribution in [-0.4, -0.2) is 25.7 Å². The second-order valence-corrected chi connectivity index (χ2v) is 5.98. The number of carbonyl (C=O) groups is 1. The average Bonchev–Trinajstić information content (AvgIpc) is 2.85. The number of nitrogens with one attached hydrogen (secondary N) is 1. The number of benzene rings is 2. The minimum atomic E-state index is -0.0101. The Hall–Kier alpha value is -2.49. The number of urea groups is 1. The molecule has 0 bridgehead atoms. The van der Waals surface area contributed by atoms with Crippen LogP contribution >= 0.6 is 0 Å². The van der Waals surface area contributed by atoms with Crippen molar-refractivity contribution in [2.24, 2.45) is 0 Å². The summed E-state index contributed by atoms with van der Waals surface area (Å²) in [6, 6.07) is 17.9. The summed E-state index contributed by atoms with van der Waals surface area (Å²) >= 11 is 0. The molecule has 0 fully saturated rings. The quantitative estimate of drug-likeness (QED) is 0.844. The first-order chi connectivity index (χ1) is 11.8. The Morgan fingerprint density at radius 1 is 1.04 bits per heavy atom. The van der Waals surface area contributed by atoms with E-state index in [-0.39, 0.29) is 6.03 Å². The summed E-state index contributed by atoms with van der Waals surface area (Å²) in [5.41, 5.74) is 2.31. The highest BCUT2D eigenvalue weighted by atomic mass is 16.5. The average molecular weight is 324 g/mol. The number of carbonyl (C=O) groups excluding carboxylic acids is 1. The zero-order valence-electron chi connectivity index (χ0n) is 13.9. The third-order valence-electron chi connectivity index (χ3n) is 4.21. The Morgan fingerprint density at radius 3 is 2.71 bits per heavy atom. The normalized spacial score (nSPS) is 13.8. The fourth-order valence-corrected chi connectivity index (χ4v) is 2.97. The van der Waals surface area contributed by atoms with Crippen molar-refractivity contribution in [3.05, 3.63) is 60.2 Å². The molecule has 24 heavy (non-hydrogen) atoms. The molecule has 1 N–H and O–H groups in total. The van der Waals surface area contributed by atoms with E-state index in [0.717, 1.165) is 43.7 Å². The maximum atomic E-state index is 12.5. The molecule has 0 unspecified atom stereocenters. The molecule has 2 aromatic carbocycles. The molecule has 4 nitrogen and oxygen atoms in total. The molecule has 1 aliphatic rings. The second-order valence-electron chi connectivity index (χ2n) is 5.98. The van der Waals surface area contributed by atoms with Gasteiger partial charge in [0.15, 0.2) is 0 Å². The molecule has 2 amide bonds. The van der Waals surface area contributed by atoms with Crippen molar-refractivity contribution in [1.82, 2.24) is 5.32 Å². The molecule has 0 saturated carbocycles. The Morgan fingerprint density at radius 2 is 1.83 bits per heavy atom. The molecule has 0 atom stereocenters. The molecule has 0 radical (unpaired) electrons. The number of para-hydroxylation sites is 2. The second kappa shape index (κ2) is 8.39. The van der Waals surface area contributed by atoms with Gasteiger partial charge in [-0.2, -0.15) is 0 Å². The summed E-state index contributed by atoms with van der Waals surface area (Å²) in [5, 5.41) is 3.01. The zero-order valence-corrected chi connectivity index (χ0v) is 13.9. The number of amides is 2. The largest absolute Gasteiger partial charge is 0.494 e. The van der Waals surface area contributed by atoms with Crippen molar-refractivity contribution in [1.29, 1.82) is 0 Å². The Kier molecular flexibility index (Phi) is 5.72. The summed E-state index contributed by atoms with van der Waals surface area (Å²) in [6.45, 7) is 1.99. The number of hydrogen-bond donors (Lipinski definition) is 1. The molecule has 1 aliphatic heterocycles. The molecule has 4 heteroatoms. The van der Waals surface area contributed by atoms with E-state index in [1.807, 2.05) is 53.4 Å². The number of nitrogens with zero attached hydrogens (tertiary/aromatic N) is 1. The number of aryl methyl sites for hydroxylation is 1. The van der Waals surface area contributed by atoms with Crippen LogP contribution in [0.15, 0.2) is 54.6 Å². The summed E-state index contributed by atoms with van der Waals surface area (Å²) < 4.78 is 5.64. The highest BCUT2D eigenvalue weighted by Gasteiger charge is 2.20. The summed E-state index contributed by atoms with van der Waals surface area (Å²) in [5.74, 6) is 0.866. The van der Waals surface area contributed by atoms with Crippen LogP contribution in [-0.2, 0) is 6.42 Å². The third kappa shape index (κ3) is 4.28. The molecule has 3 rings (SSSR count). The monoisotopic (exact) mass is 324 g/mol. The van der Waals surface area contributed by atoms with Crippen LogP contribution in [0.5, 0.6) is 5.75 Å². The molecule has 2 aromatic rings. The van der Waals surface area contributed by atoms with Gasteiger partial charge >= 0.3 is 6.03 Å². The maximum Gasteiger partial charge on any atom is 0.321 e. The SMILES string of the molecule is O=C(NCCCOc1ccccc1)N1CCCCc2ccccc21. The number of anilines is 1. The molecule has 0 aliphatic carbocycles. The molecule has 0 spiro atoms. The van der Waals surface area contributed by atoms with Gasteiger partial charge in [-0.05, 0) is 49.4 Å². The lowest BCUT2D eigenvalue weighted by Gasteiger charge is -2.23. The Bertz CT molecular complexity index is 658. The van der Waals surface area contributed by atoms with Crippen molar-refractivity contribution < 1.29 is 9.53 Å². The Balaban J connectivity index is 1.47. The van der Waals surface area contributed by atoms with Crippen molar-refractivity contribution in [2.45, 2.75) is 25.7 Å². The first-order valence-electron chi connectivity index (χ1n) is 8.66. The van der Waals surface area contributed by atoms with E-state index in [9.17, 15) is 4.79 Å². The van der Waals surface area contributed by atoms with Gasteiger partial charge in [-0.1, -0.05) is 36.4 Å². The van der Waals surface area contributed by atoms with Crippen molar-refractivity contribution in [2.75, 3.05) is 24.6 Å². The van der Waals surface area contributed by atoms with Gasteiger partial charge in [-0.25, -0.2) is 4.79 Å². The number of rotatable bonds is 5. The van der Waals surface area contributed by atoms with Crippen molar-refractivity contribution in [3.8, 4) is 5.75 Å². The minimum Gasteiger partial charge on any atom is -0.494 e. The fourth-order valence-electron chi connectivity index (χ4n) is 2.97. The van der Waals surface area contributed by atoms with E-state index in [0.29, 0.717) is 13.2 Å². The fraction of sp³-hybridized carbons (Fsp3) is 0.350. The van der Waals surface area contributed by atoms with Crippen LogP contribution in [0, 0.1) is 0 Å². The van der Waals surface area contributed by atoms with Crippen LogP contribution in [0.2, 0.25) is 0 Å². The van der Waals surface area contributed by atoms with Gasteiger partial charge in [0.1, 0.15) is 5.75 Å². The van der Waals surface area contributed by atoms with E-state index in [2.05, 4.69) is 11.4 Å². The summed E-state index contributed by atoms with van der Waals surface area (Å²) in [7, 11) is 0. The van der Waals surface area contributed by atoms with Gasteiger partial charge in [-0.15, -0.1) is 0 Å². The van der Waals surface area contributed by atoms with Crippen LogP contribution in [0.3, 0.4) is 0 Å². The van der Waals surface area contributed by atoms with Crippen LogP contribution in [0.4, 0.5) is 10.5 Å². The smallest absolute Gasteiger partial charge is 0.321 e. The standard InChI is InChI=1S/C20H24N2O2/c23-20(21-14-8-16-24-18-11-2-1-3-12-18)22-15-7-6-10-17-9-4-5-13-19(17)22/h1-5,9,11-13H,6-8,10,14-16H2,(H,21,23). The van der Waals surface area contributed by atoms with E-state index < -0.39 is 0 Å². The minimum absolute atomic E-state index is 0.0101. The molecular weight excluding hydrogens is 300 g/mol.